The van der Waals surface area contributed by atoms with Crippen molar-refractivity contribution >= 4 is 9.84 Å². The maximum absolute atomic E-state index is 13.4. The van der Waals surface area contributed by atoms with Crippen molar-refractivity contribution in [2.75, 3.05) is 5.75 Å². The number of rotatable bonds is 3. The van der Waals surface area contributed by atoms with E-state index >= 15 is 0 Å². The molecule has 0 amide bonds. The summed E-state index contributed by atoms with van der Waals surface area (Å²) in [5.74, 6) is -0.282. The molecule has 0 spiro atoms. The molecule has 1 aromatic carbocycles. The first-order valence-electron chi connectivity index (χ1n) is 5.02. The Hall–Kier alpha value is -0.900. The van der Waals surface area contributed by atoms with Crippen molar-refractivity contribution in [2.45, 2.75) is 24.5 Å². The van der Waals surface area contributed by atoms with Gasteiger partial charge in [-0.1, -0.05) is 25.1 Å². The van der Waals surface area contributed by atoms with Crippen LogP contribution in [0.25, 0.3) is 0 Å². The molecule has 15 heavy (non-hydrogen) atoms. The summed E-state index contributed by atoms with van der Waals surface area (Å²) in [7, 11) is -3.01. The maximum Gasteiger partial charge on any atom is 0.153 e. The Bertz CT molecular complexity index is 467. The van der Waals surface area contributed by atoms with Gasteiger partial charge in [-0.05, 0) is 18.1 Å². The zero-order valence-electron chi connectivity index (χ0n) is 8.48. The summed E-state index contributed by atoms with van der Waals surface area (Å²) >= 11 is 0. The van der Waals surface area contributed by atoms with Crippen molar-refractivity contribution in [3.05, 3.63) is 35.6 Å². The van der Waals surface area contributed by atoms with Crippen molar-refractivity contribution in [1.29, 1.82) is 0 Å². The summed E-state index contributed by atoms with van der Waals surface area (Å²) in [4.78, 5) is 0. The number of halogens is 1. The zero-order valence-corrected chi connectivity index (χ0v) is 9.30. The summed E-state index contributed by atoms with van der Waals surface area (Å²) < 4.78 is 36.4. The average Bonchev–Trinajstić information content (AvgIpc) is 2.99. The third-order valence-corrected chi connectivity index (χ3v) is 5.15. The quantitative estimate of drug-likeness (QED) is 0.794. The van der Waals surface area contributed by atoms with E-state index < -0.39 is 9.84 Å². The van der Waals surface area contributed by atoms with Gasteiger partial charge in [0.25, 0.3) is 0 Å². The van der Waals surface area contributed by atoms with Gasteiger partial charge in [0.05, 0.1) is 5.25 Å². The molecule has 0 saturated heterocycles. The molecule has 82 valence electrons. The van der Waals surface area contributed by atoms with Gasteiger partial charge in [0.1, 0.15) is 5.82 Å². The molecule has 0 aliphatic heterocycles. The van der Waals surface area contributed by atoms with E-state index in [1.54, 1.807) is 25.1 Å². The monoisotopic (exact) mass is 228 g/mol. The molecular formula is C11H13FO2S. The molecule has 2 nitrogen and oxygen atoms in total. The van der Waals surface area contributed by atoms with E-state index in [9.17, 15) is 12.8 Å². The molecule has 1 aliphatic rings. The van der Waals surface area contributed by atoms with Crippen LogP contribution in [0.4, 0.5) is 4.39 Å². The number of benzene rings is 1. The minimum Gasteiger partial charge on any atom is -0.229 e. The molecule has 1 aliphatic carbocycles. The van der Waals surface area contributed by atoms with E-state index in [4.69, 9.17) is 0 Å². The van der Waals surface area contributed by atoms with E-state index in [0.717, 1.165) is 0 Å². The maximum atomic E-state index is 13.4. The number of sulfone groups is 1. The van der Waals surface area contributed by atoms with Crippen LogP contribution < -0.4 is 0 Å². The molecule has 0 heterocycles. The average molecular weight is 228 g/mol. The topological polar surface area (TPSA) is 34.1 Å². The fraction of sp³-hybridized carbons (Fsp3) is 0.455. The lowest BCUT2D eigenvalue weighted by atomic mass is 10.1. The molecule has 1 fully saturated rings. The Kier molecular flexibility index (Phi) is 2.54. The van der Waals surface area contributed by atoms with Crippen molar-refractivity contribution in [2.24, 2.45) is 0 Å². The van der Waals surface area contributed by atoms with Gasteiger partial charge in [-0.15, -0.1) is 0 Å². The second kappa shape index (κ2) is 3.59. The summed E-state index contributed by atoms with van der Waals surface area (Å²) in [6, 6.07) is 6.41. The van der Waals surface area contributed by atoms with Gasteiger partial charge in [-0.25, -0.2) is 12.8 Å². The second-order valence-electron chi connectivity index (χ2n) is 3.85. The summed E-state index contributed by atoms with van der Waals surface area (Å²) in [6.07, 6.45) is 0.567. The number of hydrogen-bond donors (Lipinski definition) is 0. The summed E-state index contributed by atoms with van der Waals surface area (Å²) in [5, 5.41) is -0.362. The standard InChI is InChI=1S/C11H13FO2S/c1-2-15(13,14)11-7-9(11)8-5-3-4-6-10(8)12/h3-6,9,11H,2,7H2,1H3/t9-,11-/m0/s1. The van der Waals surface area contributed by atoms with Gasteiger partial charge in [-0.2, -0.15) is 0 Å². The van der Waals surface area contributed by atoms with Crippen molar-refractivity contribution in [3.8, 4) is 0 Å². The Labute approximate surface area is 89.0 Å². The lowest BCUT2D eigenvalue weighted by molar-refractivity contribution is 0.593. The molecule has 4 heteroatoms. The highest BCUT2D eigenvalue weighted by atomic mass is 32.2. The Balaban J connectivity index is 2.22. The fourth-order valence-electron chi connectivity index (χ4n) is 1.89. The van der Waals surface area contributed by atoms with Crippen LogP contribution in [0.5, 0.6) is 0 Å². The van der Waals surface area contributed by atoms with Gasteiger partial charge < -0.3 is 0 Å². The van der Waals surface area contributed by atoms with Crippen LogP contribution >= 0.6 is 0 Å². The van der Waals surface area contributed by atoms with Crippen LogP contribution in [0.1, 0.15) is 24.8 Å². The fourth-order valence-corrected chi connectivity index (χ4v) is 3.46. The van der Waals surface area contributed by atoms with Gasteiger partial charge >= 0.3 is 0 Å². The molecule has 0 unspecified atom stereocenters. The molecular weight excluding hydrogens is 215 g/mol. The molecule has 0 N–H and O–H groups in total. The Morgan fingerprint density at radius 3 is 2.67 bits per heavy atom. The van der Waals surface area contributed by atoms with Crippen molar-refractivity contribution < 1.29 is 12.8 Å². The molecule has 0 bridgehead atoms. The lowest BCUT2D eigenvalue weighted by Crippen LogP contribution is -2.11. The van der Waals surface area contributed by atoms with Crippen LogP contribution in [-0.4, -0.2) is 19.4 Å². The molecule has 2 rings (SSSR count). The van der Waals surface area contributed by atoms with Crippen molar-refractivity contribution in [1.82, 2.24) is 0 Å². The third-order valence-electron chi connectivity index (χ3n) is 2.90. The largest absolute Gasteiger partial charge is 0.229 e. The number of hydrogen-bond acceptors (Lipinski definition) is 2. The van der Waals surface area contributed by atoms with Gasteiger partial charge in [0.15, 0.2) is 9.84 Å². The van der Waals surface area contributed by atoms with Crippen LogP contribution in [0.2, 0.25) is 0 Å². The van der Waals surface area contributed by atoms with E-state index in [0.29, 0.717) is 12.0 Å². The molecule has 0 radical (unpaired) electrons. The zero-order chi connectivity index (χ0) is 11.1. The second-order valence-corrected chi connectivity index (χ2v) is 6.36. The first-order valence-corrected chi connectivity index (χ1v) is 6.74. The van der Waals surface area contributed by atoms with Crippen LogP contribution in [0, 0.1) is 5.82 Å². The predicted molar refractivity (Wildman–Crippen MR) is 57.0 cm³/mol. The third kappa shape index (κ3) is 1.91. The Morgan fingerprint density at radius 2 is 2.07 bits per heavy atom. The minimum atomic E-state index is -3.01. The van der Waals surface area contributed by atoms with E-state index in [1.165, 1.54) is 6.07 Å². The molecule has 1 aromatic rings. The highest BCUT2D eigenvalue weighted by Gasteiger charge is 2.47. The smallest absolute Gasteiger partial charge is 0.153 e. The highest BCUT2D eigenvalue weighted by Crippen LogP contribution is 2.46. The normalized spacial score (nSPS) is 25.2. The summed E-state index contributed by atoms with van der Waals surface area (Å²) in [5.41, 5.74) is 0.541. The van der Waals surface area contributed by atoms with E-state index in [1.807, 2.05) is 0 Å². The first kappa shape index (κ1) is 10.6. The van der Waals surface area contributed by atoms with Gasteiger partial charge in [0.2, 0.25) is 0 Å². The highest BCUT2D eigenvalue weighted by molar-refractivity contribution is 7.92. The molecule has 1 saturated carbocycles. The lowest BCUT2D eigenvalue weighted by Gasteiger charge is -2.02. The molecule has 0 aromatic heterocycles. The molecule has 2 atom stereocenters. The minimum absolute atomic E-state index is 0.129. The Morgan fingerprint density at radius 1 is 1.40 bits per heavy atom. The van der Waals surface area contributed by atoms with Crippen LogP contribution in [-0.2, 0) is 9.84 Å². The van der Waals surface area contributed by atoms with Gasteiger partial charge in [0, 0.05) is 11.7 Å². The van der Waals surface area contributed by atoms with E-state index in [2.05, 4.69) is 0 Å². The van der Waals surface area contributed by atoms with Crippen molar-refractivity contribution in [3.63, 3.8) is 0 Å². The SMILES string of the molecule is CCS(=O)(=O)[C@H]1C[C@H]1c1ccccc1F. The van der Waals surface area contributed by atoms with Crippen LogP contribution in [0.15, 0.2) is 24.3 Å². The van der Waals surface area contributed by atoms with Gasteiger partial charge in [-0.3, -0.25) is 0 Å². The van der Waals surface area contributed by atoms with E-state index in [-0.39, 0.29) is 22.7 Å². The summed E-state index contributed by atoms with van der Waals surface area (Å²) in [6.45, 7) is 1.63. The first-order chi connectivity index (χ1) is 7.06. The predicted octanol–water partition coefficient (Wildman–Crippen LogP) is 2.12. The van der Waals surface area contributed by atoms with Crippen LogP contribution in [0.3, 0.4) is 0 Å².